The molecular formula is C15H17F3N8. The summed E-state index contributed by atoms with van der Waals surface area (Å²) in [6, 6.07) is 2.96. The molecule has 1 atom stereocenters. The molecule has 1 unspecified atom stereocenters. The van der Waals surface area contributed by atoms with Crippen LogP contribution in [0.5, 0.6) is 0 Å². The van der Waals surface area contributed by atoms with Gasteiger partial charge in [0.2, 0.25) is 0 Å². The van der Waals surface area contributed by atoms with Crippen molar-refractivity contribution in [1.29, 1.82) is 0 Å². The molecule has 0 aromatic carbocycles. The average molecular weight is 366 g/mol. The summed E-state index contributed by atoms with van der Waals surface area (Å²) in [6.07, 6.45) is -4.62. The molecule has 1 aliphatic heterocycles. The molecule has 0 radical (unpaired) electrons. The number of rotatable bonds is 2. The summed E-state index contributed by atoms with van der Waals surface area (Å²) in [6.45, 7) is 7.28. The van der Waals surface area contributed by atoms with Gasteiger partial charge in [-0.3, -0.25) is 0 Å². The standard InChI is InChI=1S/C15H17F3N8/c1-8(2)12-20-21-13-9(3)24(6-7-25(12)13)11-5-4-10-19-22-14(15(16,17)18)26(10)23-11/h4-5,8-9H,6-7H2,1-3H3. The van der Waals surface area contributed by atoms with Crippen LogP contribution in [-0.2, 0) is 12.7 Å². The Labute approximate surface area is 146 Å². The van der Waals surface area contributed by atoms with E-state index in [4.69, 9.17) is 0 Å². The van der Waals surface area contributed by atoms with Gasteiger partial charge in [0.05, 0.1) is 6.04 Å². The highest BCUT2D eigenvalue weighted by molar-refractivity contribution is 5.47. The van der Waals surface area contributed by atoms with Crippen molar-refractivity contribution in [2.45, 2.75) is 45.5 Å². The molecule has 26 heavy (non-hydrogen) atoms. The molecule has 8 nitrogen and oxygen atoms in total. The van der Waals surface area contributed by atoms with Crippen LogP contribution in [0.1, 0.15) is 50.2 Å². The molecule has 0 bridgehead atoms. The van der Waals surface area contributed by atoms with Crippen LogP contribution in [0.4, 0.5) is 19.0 Å². The van der Waals surface area contributed by atoms with Gasteiger partial charge in [-0.25, -0.2) is 0 Å². The Balaban J connectivity index is 1.74. The lowest BCUT2D eigenvalue weighted by atomic mass is 10.1. The summed E-state index contributed by atoms with van der Waals surface area (Å²) < 4.78 is 42.0. The Bertz CT molecular complexity index is 958. The third kappa shape index (κ3) is 2.49. The van der Waals surface area contributed by atoms with Gasteiger partial charge in [-0.1, -0.05) is 13.8 Å². The van der Waals surface area contributed by atoms with E-state index in [1.165, 1.54) is 6.07 Å². The highest BCUT2D eigenvalue weighted by Gasteiger charge is 2.38. The molecule has 0 saturated carbocycles. The predicted octanol–water partition coefficient (Wildman–Crippen LogP) is 2.44. The number of hydrogen-bond acceptors (Lipinski definition) is 6. The fourth-order valence-electron chi connectivity index (χ4n) is 3.26. The number of aromatic nitrogens is 7. The summed E-state index contributed by atoms with van der Waals surface area (Å²) in [5.41, 5.74) is 0.0519. The van der Waals surface area contributed by atoms with Gasteiger partial charge >= 0.3 is 6.18 Å². The molecule has 0 amide bonds. The Hall–Kier alpha value is -2.72. The van der Waals surface area contributed by atoms with Gasteiger partial charge in [-0.05, 0) is 19.1 Å². The normalized spacial score (nSPS) is 18.0. The zero-order valence-corrected chi connectivity index (χ0v) is 14.4. The predicted molar refractivity (Wildman–Crippen MR) is 85.7 cm³/mol. The van der Waals surface area contributed by atoms with E-state index in [0.29, 0.717) is 18.9 Å². The van der Waals surface area contributed by atoms with Gasteiger partial charge in [-0.2, -0.15) is 17.7 Å². The van der Waals surface area contributed by atoms with Crippen LogP contribution < -0.4 is 4.90 Å². The van der Waals surface area contributed by atoms with E-state index in [9.17, 15) is 13.2 Å². The Morgan fingerprint density at radius 1 is 1.08 bits per heavy atom. The number of anilines is 1. The van der Waals surface area contributed by atoms with E-state index in [2.05, 4.69) is 43.9 Å². The molecule has 3 aromatic heterocycles. The van der Waals surface area contributed by atoms with E-state index >= 15 is 0 Å². The Morgan fingerprint density at radius 3 is 2.54 bits per heavy atom. The molecule has 0 aliphatic carbocycles. The second-order valence-corrected chi connectivity index (χ2v) is 6.58. The minimum Gasteiger partial charge on any atom is -0.343 e. The van der Waals surface area contributed by atoms with Crippen molar-refractivity contribution in [1.82, 2.24) is 34.6 Å². The van der Waals surface area contributed by atoms with E-state index < -0.39 is 12.0 Å². The summed E-state index contributed by atoms with van der Waals surface area (Å²) >= 11 is 0. The van der Waals surface area contributed by atoms with Gasteiger partial charge in [0.15, 0.2) is 11.5 Å². The number of alkyl halides is 3. The quantitative estimate of drug-likeness (QED) is 0.693. The average Bonchev–Trinajstić information content (AvgIpc) is 3.18. The lowest BCUT2D eigenvalue weighted by Gasteiger charge is -2.34. The first-order chi connectivity index (χ1) is 12.3. The Morgan fingerprint density at radius 2 is 1.85 bits per heavy atom. The molecule has 0 saturated heterocycles. The first-order valence-corrected chi connectivity index (χ1v) is 8.26. The van der Waals surface area contributed by atoms with Crippen molar-refractivity contribution in [3.05, 3.63) is 29.6 Å². The van der Waals surface area contributed by atoms with Gasteiger partial charge in [0, 0.05) is 19.0 Å². The van der Waals surface area contributed by atoms with Gasteiger partial charge in [0.1, 0.15) is 11.6 Å². The highest BCUT2D eigenvalue weighted by Crippen LogP contribution is 2.31. The van der Waals surface area contributed by atoms with Gasteiger partial charge in [0.25, 0.3) is 5.82 Å². The molecule has 0 N–H and O–H groups in total. The fourth-order valence-corrected chi connectivity index (χ4v) is 3.26. The second-order valence-electron chi connectivity index (χ2n) is 6.58. The monoisotopic (exact) mass is 366 g/mol. The molecular weight excluding hydrogens is 349 g/mol. The maximum atomic E-state index is 13.1. The molecule has 138 valence electrons. The van der Waals surface area contributed by atoms with Crippen molar-refractivity contribution in [2.75, 3.05) is 11.4 Å². The topological polar surface area (TPSA) is 77.0 Å². The first kappa shape index (κ1) is 16.7. The summed E-state index contributed by atoms with van der Waals surface area (Å²) in [7, 11) is 0. The maximum Gasteiger partial charge on any atom is 0.453 e. The molecule has 11 heteroatoms. The van der Waals surface area contributed by atoms with Crippen LogP contribution >= 0.6 is 0 Å². The lowest BCUT2D eigenvalue weighted by molar-refractivity contribution is -0.146. The number of fused-ring (bicyclic) bond motifs is 2. The molecule has 4 heterocycles. The Kier molecular flexibility index (Phi) is 3.63. The van der Waals surface area contributed by atoms with E-state index in [1.807, 2.05) is 11.8 Å². The summed E-state index contributed by atoms with van der Waals surface area (Å²) in [5, 5.41) is 19.4. The minimum absolute atomic E-state index is 0.0519. The second kappa shape index (κ2) is 5.64. The first-order valence-electron chi connectivity index (χ1n) is 8.26. The van der Waals surface area contributed by atoms with Crippen LogP contribution in [-0.4, -0.2) is 41.1 Å². The van der Waals surface area contributed by atoms with Crippen molar-refractivity contribution in [3.63, 3.8) is 0 Å². The molecule has 3 aromatic rings. The third-order valence-electron chi connectivity index (χ3n) is 4.53. The van der Waals surface area contributed by atoms with E-state index in [-0.39, 0.29) is 17.6 Å². The third-order valence-corrected chi connectivity index (χ3v) is 4.53. The largest absolute Gasteiger partial charge is 0.453 e. The van der Waals surface area contributed by atoms with Crippen LogP contribution in [0.2, 0.25) is 0 Å². The van der Waals surface area contributed by atoms with Crippen molar-refractivity contribution in [2.24, 2.45) is 0 Å². The number of hydrogen-bond donors (Lipinski definition) is 0. The fraction of sp³-hybridized carbons (Fsp3) is 0.533. The van der Waals surface area contributed by atoms with Gasteiger partial charge in [-0.15, -0.1) is 25.5 Å². The van der Waals surface area contributed by atoms with Crippen LogP contribution in [0.15, 0.2) is 12.1 Å². The van der Waals surface area contributed by atoms with Gasteiger partial charge < -0.3 is 9.47 Å². The molecule has 0 spiro atoms. The smallest absolute Gasteiger partial charge is 0.343 e. The number of nitrogens with zero attached hydrogens (tertiary/aromatic N) is 8. The highest BCUT2D eigenvalue weighted by atomic mass is 19.4. The number of halogens is 3. The summed E-state index contributed by atoms with van der Waals surface area (Å²) in [4.78, 5) is 1.91. The van der Waals surface area contributed by atoms with Crippen LogP contribution in [0.3, 0.4) is 0 Å². The van der Waals surface area contributed by atoms with Crippen molar-refractivity contribution >= 4 is 11.5 Å². The van der Waals surface area contributed by atoms with Crippen molar-refractivity contribution in [3.8, 4) is 0 Å². The lowest BCUT2D eigenvalue weighted by Crippen LogP contribution is -2.38. The minimum atomic E-state index is -4.62. The molecule has 0 fully saturated rings. The maximum absolute atomic E-state index is 13.1. The van der Waals surface area contributed by atoms with E-state index in [1.54, 1.807) is 6.07 Å². The molecule has 4 rings (SSSR count). The SMILES string of the molecule is CC(C)c1nnc2n1CCN(c1ccc3nnc(C(F)(F)F)n3n1)C2C. The van der Waals surface area contributed by atoms with Crippen LogP contribution in [0.25, 0.3) is 5.65 Å². The van der Waals surface area contributed by atoms with Crippen LogP contribution in [0, 0.1) is 0 Å². The zero-order valence-electron chi connectivity index (χ0n) is 14.4. The van der Waals surface area contributed by atoms with E-state index in [0.717, 1.165) is 16.2 Å². The summed E-state index contributed by atoms with van der Waals surface area (Å²) in [5.74, 6) is 1.21. The molecule has 1 aliphatic rings. The zero-order chi connectivity index (χ0) is 18.6. The van der Waals surface area contributed by atoms with Crippen molar-refractivity contribution < 1.29 is 13.2 Å².